The number of carbonyl (C=O) groups excluding carboxylic acids is 3. The minimum atomic E-state index is -4.77. The van der Waals surface area contributed by atoms with Gasteiger partial charge in [-0.05, 0) is 19.4 Å². The van der Waals surface area contributed by atoms with Gasteiger partial charge in [0.1, 0.15) is 11.5 Å². The molecule has 3 N–H and O–H groups in total. The average molecular weight is 439 g/mol. The maximum atomic E-state index is 12.9. The molecule has 28 heavy (non-hydrogen) atoms. The molecule has 0 unspecified atom stereocenters. The number of halogens is 4. The lowest BCUT2D eigenvalue weighted by Crippen LogP contribution is -2.21. The zero-order chi connectivity index (χ0) is 21.4. The number of primary amides is 1. The molecule has 0 atom stereocenters. The third-order valence-corrected chi connectivity index (χ3v) is 5.38. The largest absolute Gasteiger partial charge is 0.465 e. The lowest BCUT2D eigenvalue weighted by molar-refractivity contribution is -0.141. The number of rotatable bonds is 5. The Kier molecular flexibility index (Phi) is 6.04. The average Bonchev–Trinajstić information content (AvgIpc) is 3.05. The van der Waals surface area contributed by atoms with Crippen LogP contribution in [0.1, 0.15) is 37.0 Å². The lowest BCUT2D eigenvalue weighted by atomic mass is 10.1. The van der Waals surface area contributed by atoms with Crippen LogP contribution in [0.3, 0.4) is 0 Å². The minimum Gasteiger partial charge on any atom is -0.465 e. The lowest BCUT2D eigenvalue weighted by Gasteiger charge is -2.07. The van der Waals surface area contributed by atoms with Crippen LogP contribution in [0, 0.1) is 13.8 Å². The predicted octanol–water partition coefficient (Wildman–Crippen LogP) is 2.76. The third-order valence-electron chi connectivity index (χ3n) is 3.71. The molecule has 8 nitrogen and oxygen atoms in total. The number of esters is 1. The van der Waals surface area contributed by atoms with Crippen LogP contribution >= 0.6 is 22.9 Å². The molecule has 0 saturated heterocycles. The Labute approximate surface area is 165 Å². The Morgan fingerprint density at radius 1 is 1.32 bits per heavy atom. The van der Waals surface area contributed by atoms with Gasteiger partial charge in [0, 0.05) is 0 Å². The summed E-state index contributed by atoms with van der Waals surface area (Å²) in [5.41, 5.74) is 4.03. The van der Waals surface area contributed by atoms with Gasteiger partial charge in [0.25, 0.3) is 5.91 Å². The second-order valence-electron chi connectivity index (χ2n) is 5.57. The zero-order valence-corrected chi connectivity index (χ0v) is 16.3. The molecule has 0 spiro atoms. The number of nitrogens with zero attached hydrogens (tertiary/aromatic N) is 2. The topological polar surface area (TPSA) is 116 Å². The molecule has 13 heteroatoms. The van der Waals surface area contributed by atoms with Crippen LogP contribution in [-0.2, 0) is 22.3 Å². The maximum absolute atomic E-state index is 12.9. The van der Waals surface area contributed by atoms with E-state index in [0.717, 1.165) is 23.1 Å². The van der Waals surface area contributed by atoms with Crippen LogP contribution in [0.15, 0.2) is 0 Å². The molecular weight excluding hydrogens is 425 g/mol. The van der Waals surface area contributed by atoms with E-state index in [4.69, 9.17) is 17.3 Å². The molecule has 0 saturated carbocycles. The fourth-order valence-corrected chi connectivity index (χ4v) is 3.65. The van der Waals surface area contributed by atoms with Crippen LogP contribution in [-0.4, -0.2) is 34.7 Å². The predicted molar refractivity (Wildman–Crippen MR) is 94.5 cm³/mol. The van der Waals surface area contributed by atoms with Crippen LogP contribution < -0.4 is 11.1 Å². The number of amides is 2. The summed E-state index contributed by atoms with van der Waals surface area (Å²) in [6.07, 6.45) is -4.77. The number of methoxy groups -OCH3 is 1. The van der Waals surface area contributed by atoms with Gasteiger partial charge in [-0.2, -0.15) is 18.3 Å². The van der Waals surface area contributed by atoms with Gasteiger partial charge < -0.3 is 15.8 Å². The van der Waals surface area contributed by atoms with Gasteiger partial charge in [-0.3, -0.25) is 14.3 Å². The molecule has 2 rings (SSSR count). The Hall–Kier alpha value is -2.60. The van der Waals surface area contributed by atoms with E-state index in [2.05, 4.69) is 15.2 Å². The van der Waals surface area contributed by atoms with Crippen molar-refractivity contribution in [2.75, 3.05) is 12.4 Å². The highest BCUT2D eigenvalue weighted by Crippen LogP contribution is 2.36. The van der Waals surface area contributed by atoms with E-state index in [-0.39, 0.29) is 26.7 Å². The highest BCUT2D eigenvalue weighted by molar-refractivity contribution is 7.18. The van der Waals surface area contributed by atoms with Crippen molar-refractivity contribution in [1.82, 2.24) is 9.78 Å². The monoisotopic (exact) mass is 438 g/mol. The zero-order valence-electron chi connectivity index (χ0n) is 14.7. The molecule has 2 aromatic heterocycles. The number of anilines is 1. The maximum Gasteiger partial charge on any atom is 0.436 e. The van der Waals surface area contributed by atoms with E-state index in [1.807, 2.05) is 0 Å². The summed E-state index contributed by atoms with van der Waals surface area (Å²) in [7, 11) is 1.11. The number of thiophene rings is 1. The number of ether oxygens (including phenoxy) is 1. The molecule has 2 amide bonds. The summed E-state index contributed by atoms with van der Waals surface area (Å²) in [6, 6.07) is 0. The van der Waals surface area contributed by atoms with Gasteiger partial charge >= 0.3 is 12.1 Å². The summed E-state index contributed by atoms with van der Waals surface area (Å²) >= 11 is 6.39. The Balaban J connectivity index is 2.33. The van der Waals surface area contributed by atoms with Crippen molar-refractivity contribution in [3.8, 4) is 0 Å². The van der Waals surface area contributed by atoms with E-state index in [1.165, 1.54) is 13.8 Å². The van der Waals surface area contributed by atoms with Crippen molar-refractivity contribution in [3.05, 3.63) is 32.4 Å². The van der Waals surface area contributed by atoms with E-state index < -0.39 is 41.2 Å². The van der Waals surface area contributed by atoms with Gasteiger partial charge in [0.2, 0.25) is 5.91 Å². The van der Waals surface area contributed by atoms with Crippen molar-refractivity contribution in [3.63, 3.8) is 0 Å². The standard InChI is InChI=1S/C15H14ClF3N4O4S/c1-5-8(14(26)27-3)13(28-10(5)12(20)25)21-7(24)4-23-6(2)9(16)11(22-23)15(17,18)19/h4H2,1-3H3,(H2,20,25)(H,21,24). The molecular formula is C15H14ClF3N4O4S. The summed E-state index contributed by atoms with van der Waals surface area (Å²) < 4.78 is 44.0. The summed E-state index contributed by atoms with van der Waals surface area (Å²) in [5.74, 6) is -2.41. The van der Waals surface area contributed by atoms with Crippen LogP contribution in [0.25, 0.3) is 0 Å². The Morgan fingerprint density at radius 3 is 2.39 bits per heavy atom. The first-order chi connectivity index (χ1) is 12.9. The van der Waals surface area contributed by atoms with E-state index in [0.29, 0.717) is 0 Å². The van der Waals surface area contributed by atoms with Gasteiger partial charge in [-0.1, -0.05) is 11.6 Å². The SMILES string of the molecule is COC(=O)c1c(NC(=O)Cn2nc(C(F)(F)F)c(Cl)c2C)sc(C(N)=O)c1C. The number of hydrogen-bond acceptors (Lipinski definition) is 6. The van der Waals surface area contributed by atoms with E-state index in [9.17, 15) is 27.6 Å². The van der Waals surface area contributed by atoms with Crippen molar-refractivity contribution in [1.29, 1.82) is 0 Å². The summed E-state index contributed by atoms with van der Waals surface area (Å²) in [5, 5.41) is 5.06. The Bertz CT molecular complexity index is 968. The number of nitrogens with one attached hydrogen (secondary N) is 1. The normalized spacial score (nSPS) is 11.4. The third kappa shape index (κ3) is 4.12. The Morgan fingerprint density at radius 2 is 1.93 bits per heavy atom. The van der Waals surface area contributed by atoms with Gasteiger partial charge in [0.05, 0.1) is 28.3 Å². The molecule has 0 aliphatic carbocycles. The molecule has 0 aliphatic heterocycles. The number of nitrogens with two attached hydrogens (primary N) is 1. The van der Waals surface area contributed by atoms with Crippen LogP contribution in [0.2, 0.25) is 5.02 Å². The number of aromatic nitrogens is 2. The first-order valence-corrected chi connectivity index (χ1v) is 8.69. The van der Waals surface area contributed by atoms with E-state index >= 15 is 0 Å². The molecule has 2 heterocycles. The smallest absolute Gasteiger partial charge is 0.436 e. The van der Waals surface area contributed by atoms with Crippen LogP contribution in [0.5, 0.6) is 0 Å². The first kappa shape index (κ1) is 21.7. The summed E-state index contributed by atoms with van der Waals surface area (Å²) in [4.78, 5) is 35.8. The molecule has 2 aromatic rings. The van der Waals surface area contributed by atoms with Crippen molar-refractivity contribution in [2.45, 2.75) is 26.6 Å². The fourth-order valence-electron chi connectivity index (χ4n) is 2.35. The van der Waals surface area contributed by atoms with Crippen molar-refractivity contribution < 1.29 is 32.3 Å². The molecule has 152 valence electrons. The molecule has 0 aliphatic rings. The quantitative estimate of drug-likeness (QED) is 0.696. The van der Waals surface area contributed by atoms with Crippen molar-refractivity contribution in [2.24, 2.45) is 5.73 Å². The molecule has 0 bridgehead atoms. The molecule has 0 fully saturated rings. The fraction of sp³-hybridized carbons (Fsp3) is 0.333. The highest BCUT2D eigenvalue weighted by atomic mass is 35.5. The second kappa shape index (κ2) is 7.80. The van der Waals surface area contributed by atoms with Crippen molar-refractivity contribution >= 4 is 45.7 Å². The van der Waals surface area contributed by atoms with E-state index in [1.54, 1.807) is 0 Å². The number of carbonyl (C=O) groups is 3. The summed E-state index contributed by atoms with van der Waals surface area (Å²) in [6.45, 7) is 2.12. The van der Waals surface area contributed by atoms with Gasteiger partial charge in [0.15, 0.2) is 5.69 Å². The number of alkyl halides is 3. The minimum absolute atomic E-state index is 0.0184. The van der Waals surface area contributed by atoms with Gasteiger partial charge in [-0.15, -0.1) is 11.3 Å². The van der Waals surface area contributed by atoms with Crippen LogP contribution in [0.4, 0.5) is 18.2 Å². The number of hydrogen-bond donors (Lipinski definition) is 2. The molecule has 0 aromatic carbocycles. The second-order valence-corrected chi connectivity index (χ2v) is 6.97. The molecule has 0 radical (unpaired) electrons. The van der Waals surface area contributed by atoms with Gasteiger partial charge in [-0.25, -0.2) is 4.79 Å². The highest BCUT2D eigenvalue weighted by Gasteiger charge is 2.38. The first-order valence-electron chi connectivity index (χ1n) is 7.49.